The minimum absolute atomic E-state index is 0.423. The van der Waals surface area contributed by atoms with E-state index < -0.39 is 0 Å². The van der Waals surface area contributed by atoms with Crippen molar-refractivity contribution in [1.82, 2.24) is 9.78 Å². The van der Waals surface area contributed by atoms with Crippen LogP contribution in [0, 0.1) is 5.92 Å². The molecule has 0 bridgehead atoms. The molecule has 12 heavy (non-hydrogen) atoms. The number of hydrogen-bond donors (Lipinski definition) is 0. The summed E-state index contributed by atoms with van der Waals surface area (Å²) in [7, 11) is 0. The predicted molar refractivity (Wildman–Crippen MR) is 52.4 cm³/mol. The number of rotatable bonds is 3. The molecule has 0 aliphatic rings. The Morgan fingerprint density at radius 2 is 2.33 bits per heavy atom. The van der Waals surface area contributed by atoms with Crippen molar-refractivity contribution >= 4 is 24.8 Å². The van der Waals surface area contributed by atoms with Gasteiger partial charge in [-0.2, -0.15) is 5.10 Å². The summed E-state index contributed by atoms with van der Waals surface area (Å²) in [5, 5.41) is 5.90. The maximum atomic E-state index is 5.68. The van der Waals surface area contributed by atoms with Crippen molar-refractivity contribution in [2.75, 3.05) is 5.88 Å². The maximum Gasteiger partial charge on any atom is 0.0604 e. The molecule has 1 atom stereocenters. The highest BCUT2D eigenvalue weighted by Gasteiger charge is 2.01. The molecule has 2 nitrogen and oxygen atoms in total. The number of aromatic nitrogens is 2. The number of alkyl halides is 1. The lowest BCUT2D eigenvalue weighted by Gasteiger charge is -2.06. The van der Waals surface area contributed by atoms with E-state index in [1.165, 1.54) is 0 Å². The molecular weight excluding hydrogens is 172 g/mol. The zero-order valence-electron chi connectivity index (χ0n) is 7.26. The molecule has 66 valence electrons. The van der Waals surface area contributed by atoms with E-state index in [9.17, 15) is 0 Å². The molecule has 0 amide bonds. The number of halogens is 1. The van der Waals surface area contributed by atoms with Crippen molar-refractivity contribution in [2.45, 2.75) is 13.5 Å². The Kier molecular flexibility index (Phi) is 2.93. The van der Waals surface area contributed by atoms with Crippen LogP contribution in [0.2, 0.25) is 0 Å². The van der Waals surface area contributed by atoms with E-state index >= 15 is 0 Å². The van der Waals surface area contributed by atoms with Crippen LogP contribution in [-0.2, 0) is 6.54 Å². The molecule has 3 heteroatoms. The van der Waals surface area contributed by atoms with Crippen molar-refractivity contribution in [3.8, 4) is 0 Å². The van der Waals surface area contributed by atoms with Gasteiger partial charge in [-0.25, -0.2) is 0 Å². The van der Waals surface area contributed by atoms with E-state index in [0.29, 0.717) is 11.8 Å². The summed E-state index contributed by atoms with van der Waals surface area (Å²) < 4.78 is 1.84. The zero-order valence-corrected chi connectivity index (χ0v) is 8.01. The average molecular weight is 185 g/mol. The van der Waals surface area contributed by atoms with Gasteiger partial charge in [-0.05, 0) is 5.92 Å². The lowest BCUT2D eigenvalue weighted by Crippen LogP contribution is -2.28. The van der Waals surface area contributed by atoms with Gasteiger partial charge in [0.2, 0.25) is 0 Å². The second-order valence-corrected chi connectivity index (χ2v) is 3.37. The molecule has 0 aliphatic carbocycles. The van der Waals surface area contributed by atoms with Crippen LogP contribution in [0.5, 0.6) is 0 Å². The Hall–Kier alpha value is -0.760. The number of hydrogen-bond acceptors (Lipinski definition) is 1. The van der Waals surface area contributed by atoms with Gasteiger partial charge >= 0.3 is 0 Å². The van der Waals surface area contributed by atoms with Gasteiger partial charge in [0.1, 0.15) is 0 Å². The fraction of sp³-hybridized carbons (Fsp3) is 0.444. The molecule has 1 unspecified atom stereocenters. The van der Waals surface area contributed by atoms with Crippen LogP contribution in [0.15, 0.2) is 6.20 Å². The summed E-state index contributed by atoms with van der Waals surface area (Å²) in [6, 6.07) is 0. The van der Waals surface area contributed by atoms with E-state index in [0.717, 1.165) is 17.1 Å². The SMILES string of the molecule is C=c1cnn(CC(C)CCl)c1=C. The molecule has 0 aliphatic heterocycles. The second kappa shape index (κ2) is 3.76. The molecule has 0 saturated carbocycles. The predicted octanol–water partition coefficient (Wildman–Crippen LogP) is 0.579. The van der Waals surface area contributed by atoms with Crippen LogP contribution in [0.3, 0.4) is 0 Å². The molecule has 1 rings (SSSR count). The molecule has 0 fully saturated rings. The van der Waals surface area contributed by atoms with Gasteiger partial charge < -0.3 is 0 Å². The zero-order chi connectivity index (χ0) is 9.14. The normalized spacial score (nSPS) is 13.2. The molecule has 1 heterocycles. The summed E-state index contributed by atoms with van der Waals surface area (Å²) in [6.07, 6.45) is 1.73. The Morgan fingerprint density at radius 3 is 2.75 bits per heavy atom. The van der Waals surface area contributed by atoms with Gasteiger partial charge in [-0.3, -0.25) is 4.68 Å². The van der Waals surface area contributed by atoms with E-state index in [1.807, 2.05) is 4.68 Å². The lowest BCUT2D eigenvalue weighted by molar-refractivity contribution is 0.478. The largest absolute Gasteiger partial charge is 0.265 e. The van der Waals surface area contributed by atoms with E-state index in [-0.39, 0.29) is 0 Å². The van der Waals surface area contributed by atoms with Crippen molar-refractivity contribution in [3.63, 3.8) is 0 Å². The molecular formula is C9H13ClN2. The minimum Gasteiger partial charge on any atom is -0.265 e. The second-order valence-electron chi connectivity index (χ2n) is 3.06. The molecule has 1 aromatic rings. The fourth-order valence-electron chi connectivity index (χ4n) is 0.951. The molecule has 0 radical (unpaired) electrons. The van der Waals surface area contributed by atoms with Gasteiger partial charge in [-0.1, -0.05) is 20.1 Å². The third-order valence-corrected chi connectivity index (χ3v) is 2.31. The Labute approximate surface area is 77.2 Å². The van der Waals surface area contributed by atoms with Gasteiger partial charge in [0.15, 0.2) is 0 Å². The first-order valence-electron chi connectivity index (χ1n) is 3.90. The van der Waals surface area contributed by atoms with Crippen LogP contribution in [-0.4, -0.2) is 15.7 Å². The summed E-state index contributed by atoms with van der Waals surface area (Å²) in [5.74, 6) is 1.07. The summed E-state index contributed by atoms with van der Waals surface area (Å²) in [5.41, 5.74) is 0. The molecule has 1 aromatic heterocycles. The third-order valence-electron chi connectivity index (χ3n) is 1.78. The summed E-state index contributed by atoms with van der Waals surface area (Å²) in [6.45, 7) is 10.6. The van der Waals surface area contributed by atoms with Crippen LogP contribution in [0.4, 0.5) is 0 Å². The van der Waals surface area contributed by atoms with E-state index in [4.69, 9.17) is 11.6 Å². The summed E-state index contributed by atoms with van der Waals surface area (Å²) in [4.78, 5) is 0. The van der Waals surface area contributed by atoms with Crippen molar-refractivity contribution in [2.24, 2.45) is 5.92 Å². The average Bonchev–Trinajstić information content (AvgIpc) is 2.36. The van der Waals surface area contributed by atoms with Gasteiger partial charge in [0.25, 0.3) is 0 Å². The van der Waals surface area contributed by atoms with Crippen molar-refractivity contribution in [3.05, 3.63) is 16.8 Å². The smallest absolute Gasteiger partial charge is 0.0604 e. The molecule has 0 N–H and O–H groups in total. The van der Waals surface area contributed by atoms with Crippen molar-refractivity contribution < 1.29 is 0 Å². The fourth-order valence-corrected chi connectivity index (χ4v) is 1.05. The van der Waals surface area contributed by atoms with Gasteiger partial charge in [0, 0.05) is 17.6 Å². The third kappa shape index (κ3) is 1.89. The first-order valence-corrected chi connectivity index (χ1v) is 4.44. The molecule has 0 saturated heterocycles. The lowest BCUT2D eigenvalue weighted by atomic mass is 10.2. The highest BCUT2D eigenvalue weighted by Crippen LogP contribution is 1.98. The maximum absolute atomic E-state index is 5.68. The minimum atomic E-state index is 0.423. The monoisotopic (exact) mass is 184 g/mol. The Morgan fingerprint density at radius 1 is 1.67 bits per heavy atom. The molecule has 0 spiro atoms. The topological polar surface area (TPSA) is 17.8 Å². The first-order chi connectivity index (χ1) is 5.65. The van der Waals surface area contributed by atoms with Crippen molar-refractivity contribution in [1.29, 1.82) is 0 Å². The van der Waals surface area contributed by atoms with Gasteiger partial charge in [0.05, 0.1) is 11.5 Å². The highest BCUT2D eigenvalue weighted by molar-refractivity contribution is 6.18. The van der Waals surface area contributed by atoms with E-state index in [1.54, 1.807) is 6.20 Å². The summed E-state index contributed by atoms with van der Waals surface area (Å²) >= 11 is 5.68. The standard InChI is InChI=1S/C9H13ClN2/c1-7(4-10)6-12-9(3)8(2)5-11-12/h5,7H,2-4,6H2,1H3. The van der Waals surface area contributed by atoms with Crippen LogP contribution >= 0.6 is 11.6 Å². The Balaban J connectivity index is 2.83. The quantitative estimate of drug-likeness (QED) is 0.629. The first kappa shape index (κ1) is 9.33. The Bertz CT molecular complexity index is 342. The van der Waals surface area contributed by atoms with Crippen LogP contribution < -0.4 is 10.6 Å². The van der Waals surface area contributed by atoms with Gasteiger partial charge in [-0.15, -0.1) is 11.6 Å². The number of nitrogens with zero attached hydrogens (tertiary/aromatic N) is 2. The van der Waals surface area contributed by atoms with E-state index in [2.05, 4.69) is 25.2 Å². The van der Waals surface area contributed by atoms with Crippen LogP contribution in [0.1, 0.15) is 6.92 Å². The van der Waals surface area contributed by atoms with Crippen LogP contribution in [0.25, 0.3) is 13.2 Å². The highest BCUT2D eigenvalue weighted by atomic mass is 35.5. The molecule has 0 aromatic carbocycles.